The molecule has 0 spiro atoms. The van der Waals surface area contributed by atoms with E-state index in [2.05, 4.69) is 27.7 Å². The Morgan fingerprint density at radius 1 is 1.20 bits per heavy atom. The summed E-state index contributed by atoms with van der Waals surface area (Å²) in [4.78, 5) is 24.4. The summed E-state index contributed by atoms with van der Waals surface area (Å²) in [6, 6.07) is 0. The van der Waals surface area contributed by atoms with Gasteiger partial charge < -0.3 is 0 Å². The summed E-state index contributed by atoms with van der Waals surface area (Å²) in [5.74, 6) is 4.28. The zero-order valence-electron chi connectivity index (χ0n) is 16.6. The molecule has 138 valence electrons. The average Bonchev–Trinajstić information content (AvgIpc) is 2.85. The van der Waals surface area contributed by atoms with E-state index in [4.69, 9.17) is 0 Å². The molecule has 0 aliphatic heterocycles. The molecule has 0 bridgehead atoms. The van der Waals surface area contributed by atoms with E-state index in [-0.39, 0.29) is 16.7 Å². The molecule has 8 atom stereocenters. The van der Waals surface area contributed by atoms with Crippen LogP contribution >= 0.6 is 0 Å². The zero-order valence-corrected chi connectivity index (χ0v) is 16.6. The van der Waals surface area contributed by atoms with Crippen molar-refractivity contribution in [3.8, 4) is 0 Å². The second-order valence-corrected chi connectivity index (χ2v) is 10.3. The van der Waals surface area contributed by atoms with Crippen molar-refractivity contribution in [2.75, 3.05) is 0 Å². The van der Waals surface area contributed by atoms with Gasteiger partial charge in [0.15, 0.2) is 5.78 Å². The van der Waals surface area contributed by atoms with Crippen LogP contribution in [0.4, 0.5) is 0 Å². The first-order valence-electron chi connectivity index (χ1n) is 10.4. The number of Topliss-reactive ketones (excluding diaryl/α,β-unsaturated/α-hetero) is 1. The molecule has 0 N–H and O–H groups in total. The van der Waals surface area contributed by atoms with Crippen LogP contribution in [0.15, 0.2) is 11.6 Å². The molecule has 4 rings (SSSR count). The summed E-state index contributed by atoms with van der Waals surface area (Å²) in [5, 5.41) is 0. The van der Waals surface area contributed by atoms with E-state index >= 15 is 0 Å². The van der Waals surface area contributed by atoms with Gasteiger partial charge in [0.2, 0.25) is 0 Å². The van der Waals surface area contributed by atoms with Gasteiger partial charge in [0.25, 0.3) is 0 Å². The van der Waals surface area contributed by atoms with Crippen LogP contribution in [0.25, 0.3) is 0 Å². The van der Waals surface area contributed by atoms with E-state index in [1.54, 1.807) is 0 Å². The van der Waals surface area contributed by atoms with E-state index in [1.807, 2.05) is 13.0 Å². The van der Waals surface area contributed by atoms with Crippen molar-refractivity contribution in [1.82, 2.24) is 0 Å². The Morgan fingerprint density at radius 2 is 1.92 bits per heavy atom. The van der Waals surface area contributed by atoms with Crippen molar-refractivity contribution < 1.29 is 9.59 Å². The van der Waals surface area contributed by atoms with Crippen LogP contribution in [0.3, 0.4) is 0 Å². The monoisotopic (exact) mass is 342 g/mol. The van der Waals surface area contributed by atoms with Gasteiger partial charge in [0.1, 0.15) is 5.78 Å². The Balaban J connectivity index is 1.76. The van der Waals surface area contributed by atoms with Crippen molar-refractivity contribution in [2.24, 2.45) is 46.3 Å². The van der Waals surface area contributed by atoms with Crippen LogP contribution < -0.4 is 0 Å². The fourth-order valence-electron chi connectivity index (χ4n) is 8.37. The number of hydrogen-bond acceptors (Lipinski definition) is 2. The summed E-state index contributed by atoms with van der Waals surface area (Å²) in [6.07, 6.45) is 8.50. The molecule has 2 nitrogen and oxygen atoms in total. The van der Waals surface area contributed by atoms with Gasteiger partial charge in [-0.05, 0) is 85.5 Å². The molecule has 0 saturated heterocycles. The minimum atomic E-state index is 0.200. The van der Waals surface area contributed by atoms with Gasteiger partial charge in [-0.1, -0.05) is 33.3 Å². The van der Waals surface area contributed by atoms with Crippen LogP contribution in [0, 0.1) is 46.3 Å². The molecular weight excluding hydrogens is 308 g/mol. The van der Waals surface area contributed by atoms with E-state index in [0.29, 0.717) is 35.2 Å². The minimum Gasteiger partial charge on any atom is -0.300 e. The SMILES string of the molecule is CC(=O)[C@H]1CC[C@H]2[C@@H]3C[C@H](C)C4=CC(=O)CC[C@]4(C)[C@H]3[C@@H](C)C[C@]12C. The molecule has 0 aromatic heterocycles. The maximum Gasteiger partial charge on any atom is 0.155 e. The van der Waals surface area contributed by atoms with E-state index < -0.39 is 0 Å². The van der Waals surface area contributed by atoms with Gasteiger partial charge in [-0.3, -0.25) is 9.59 Å². The maximum atomic E-state index is 12.3. The van der Waals surface area contributed by atoms with Crippen LogP contribution in [0.1, 0.15) is 73.1 Å². The van der Waals surface area contributed by atoms with Crippen LogP contribution in [-0.2, 0) is 9.59 Å². The Hall–Kier alpha value is -0.920. The summed E-state index contributed by atoms with van der Waals surface area (Å²) in [5.41, 5.74) is 1.85. The molecule has 0 aromatic carbocycles. The molecular formula is C23H34O2. The van der Waals surface area contributed by atoms with Gasteiger partial charge in [-0.15, -0.1) is 0 Å². The third kappa shape index (κ3) is 2.28. The Kier molecular flexibility index (Phi) is 3.87. The molecule has 4 aliphatic rings. The molecule has 2 heteroatoms. The number of carbonyl (C=O) groups is 2. The lowest BCUT2D eigenvalue weighted by molar-refractivity contribution is -0.133. The number of ketones is 2. The van der Waals surface area contributed by atoms with E-state index in [1.165, 1.54) is 24.8 Å². The van der Waals surface area contributed by atoms with Gasteiger partial charge in [-0.25, -0.2) is 0 Å². The summed E-state index contributed by atoms with van der Waals surface area (Å²) < 4.78 is 0. The molecule has 0 aromatic rings. The summed E-state index contributed by atoms with van der Waals surface area (Å²) >= 11 is 0. The smallest absolute Gasteiger partial charge is 0.155 e. The standard InChI is InChI=1S/C23H34O2/c1-13-10-17-19-7-6-18(15(3)24)23(19,5)12-14(2)21(17)22(4)9-8-16(25)11-20(13)22/h11,13-14,17-19,21H,6-10,12H2,1-5H3/t13-,14-,17-,18+,19-,21-,22-,23+/m0/s1. The van der Waals surface area contributed by atoms with Crippen LogP contribution in [-0.4, -0.2) is 11.6 Å². The van der Waals surface area contributed by atoms with Gasteiger partial charge in [0.05, 0.1) is 0 Å². The number of rotatable bonds is 1. The quantitative estimate of drug-likeness (QED) is 0.655. The Labute approximate surface area is 152 Å². The molecule has 25 heavy (non-hydrogen) atoms. The number of hydrogen-bond donors (Lipinski definition) is 0. The topological polar surface area (TPSA) is 34.1 Å². The lowest BCUT2D eigenvalue weighted by atomic mass is 9.43. The predicted molar refractivity (Wildman–Crippen MR) is 100.0 cm³/mol. The predicted octanol–water partition coefficient (Wildman–Crippen LogP) is 5.22. The highest BCUT2D eigenvalue weighted by atomic mass is 16.1. The summed E-state index contributed by atoms with van der Waals surface area (Å²) in [6.45, 7) is 11.5. The normalized spacial score (nSPS) is 52.0. The molecule has 0 heterocycles. The average molecular weight is 343 g/mol. The van der Waals surface area contributed by atoms with Crippen LogP contribution in [0.5, 0.6) is 0 Å². The second-order valence-electron chi connectivity index (χ2n) is 10.3. The molecule has 3 fully saturated rings. The van der Waals surface area contributed by atoms with Gasteiger partial charge >= 0.3 is 0 Å². The van der Waals surface area contributed by atoms with Gasteiger partial charge in [0, 0.05) is 12.3 Å². The second kappa shape index (κ2) is 5.54. The van der Waals surface area contributed by atoms with Crippen LogP contribution in [0.2, 0.25) is 0 Å². The number of fused-ring (bicyclic) bond motifs is 5. The zero-order chi connectivity index (χ0) is 18.1. The van der Waals surface area contributed by atoms with Gasteiger partial charge in [-0.2, -0.15) is 0 Å². The summed E-state index contributed by atoms with van der Waals surface area (Å²) in [7, 11) is 0. The number of allylic oxidation sites excluding steroid dienone is 1. The first-order chi connectivity index (χ1) is 11.7. The van der Waals surface area contributed by atoms with Crippen molar-refractivity contribution >= 4 is 11.6 Å². The molecule has 0 amide bonds. The minimum absolute atomic E-state index is 0.200. The lowest BCUT2D eigenvalue weighted by Crippen LogP contribution is -2.55. The Bertz CT molecular complexity index is 646. The molecule has 4 aliphatic carbocycles. The fourth-order valence-corrected chi connectivity index (χ4v) is 8.37. The number of carbonyl (C=O) groups excluding carboxylic acids is 2. The highest BCUT2D eigenvalue weighted by molar-refractivity contribution is 5.91. The van der Waals surface area contributed by atoms with Crippen molar-refractivity contribution in [3.63, 3.8) is 0 Å². The third-order valence-corrected chi connectivity index (χ3v) is 9.01. The van der Waals surface area contributed by atoms with Crippen molar-refractivity contribution in [2.45, 2.75) is 73.1 Å². The van der Waals surface area contributed by atoms with E-state index in [9.17, 15) is 9.59 Å². The molecule has 0 radical (unpaired) electrons. The molecule has 3 saturated carbocycles. The third-order valence-electron chi connectivity index (χ3n) is 9.01. The lowest BCUT2D eigenvalue weighted by Gasteiger charge is -2.62. The highest BCUT2D eigenvalue weighted by Gasteiger charge is 2.62. The largest absolute Gasteiger partial charge is 0.300 e. The van der Waals surface area contributed by atoms with Crippen molar-refractivity contribution in [3.05, 3.63) is 11.6 Å². The highest BCUT2D eigenvalue weighted by Crippen LogP contribution is 2.68. The van der Waals surface area contributed by atoms with Crippen molar-refractivity contribution in [1.29, 1.82) is 0 Å². The molecule has 0 unspecified atom stereocenters. The first-order valence-corrected chi connectivity index (χ1v) is 10.4. The Morgan fingerprint density at radius 3 is 2.60 bits per heavy atom. The first kappa shape index (κ1) is 17.5. The maximum absolute atomic E-state index is 12.3. The van der Waals surface area contributed by atoms with E-state index in [0.717, 1.165) is 25.2 Å². The fraction of sp³-hybridized carbons (Fsp3) is 0.826.